The van der Waals surface area contributed by atoms with Gasteiger partial charge in [0.25, 0.3) is 0 Å². The fraction of sp³-hybridized carbons (Fsp3) is 0.867. The zero-order valence-corrected chi connectivity index (χ0v) is 12.8. The number of rotatable bonds is 3. The Morgan fingerprint density at radius 3 is 2.15 bits per heavy atom. The van der Waals surface area contributed by atoms with E-state index in [1.54, 1.807) is 0 Å². The van der Waals surface area contributed by atoms with E-state index in [2.05, 4.69) is 38.3 Å². The standard InChI is InChI=1S/C15H26N2O3/c1-14(2)12(15(14,3)4)17-13(20)16-10-7-5-6-9(8-10)11(18)19/h9-10,12H,5-8H2,1-4H3,(H,18,19)(H2,16,17,20). The Bertz CT molecular complexity index is 403. The molecule has 0 heterocycles. The Morgan fingerprint density at radius 2 is 1.65 bits per heavy atom. The minimum Gasteiger partial charge on any atom is -0.481 e. The van der Waals surface area contributed by atoms with Crippen molar-refractivity contribution in [3.05, 3.63) is 0 Å². The summed E-state index contributed by atoms with van der Waals surface area (Å²) in [5.41, 5.74) is 0.223. The van der Waals surface area contributed by atoms with E-state index < -0.39 is 5.97 Å². The summed E-state index contributed by atoms with van der Waals surface area (Å²) in [5.74, 6) is -1.07. The van der Waals surface area contributed by atoms with Gasteiger partial charge in [-0.1, -0.05) is 34.1 Å². The van der Waals surface area contributed by atoms with Gasteiger partial charge in [-0.25, -0.2) is 4.79 Å². The van der Waals surface area contributed by atoms with Crippen LogP contribution >= 0.6 is 0 Å². The summed E-state index contributed by atoms with van der Waals surface area (Å²) in [6.45, 7) is 8.61. The molecule has 0 saturated heterocycles. The summed E-state index contributed by atoms with van der Waals surface area (Å²) in [7, 11) is 0. The van der Waals surface area contributed by atoms with Crippen LogP contribution in [0, 0.1) is 16.7 Å². The lowest BCUT2D eigenvalue weighted by Crippen LogP contribution is -2.46. The predicted octanol–water partition coefficient (Wildman–Crippen LogP) is 2.36. The Kier molecular flexibility index (Phi) is 3.73. The molecule has 2 unspecified atom stereocenters. The van der Waals surface area contributed by atoms with Crippen molar-refractivity contribution >= 4 is 12.0 Å². The maximum Gasteiger partial charge on any atom is 0.315 e. The fourth-order valence-electron chi connectivity index (χ4n) is 3.46. The molecule has 0 aromatic carbocycles. The highest BCUT2D eigenvalue weighted by Crippen LogP contribution is 2.62. The molecule has 114 valence electrons. The van der Waals surface area contributed by atoms with Crippen LogP contribution in [0.25, 0.3) is 0 Å². The lowest BCUT2D eigenvalue weighted by Gasteiger charge is -2.27. The van der Waals surface area contributed by atoms with Crippen molar-refractivity contribution in [1.82, 2.24) is 10.6 Å². The van der Waals surface area contributed by atoms with Gasteiger partial charge in [-0.05, 0) is 30.1 Å². The van der Waals surface area contributed by atoms with E-state index in [4.69, 9.17) is 5.11 Å². The number of carbonyl (C=O) groups is 2. The molecule has 2 saturated carbocycles. The second kappa shape index (κ2) is 4.93. The second-order valence-electron chi connectivity index (χ2n) is 7.39. The molecule has 2 amide bonds. The van der Waals surface area contributed by atoms with E-state index in [1.807, 2.05) is 0 Å². The van der Waals surface area contributed by atoms with Gasteiger partial charge in [0.15, 0.2) is 0 Å². The summed E-state index contributed by atoms with van der Waals surface area (Å²) in [6, 6.07) is -0.00613. The van der Waals surface area contributed by atoms with E-state index >= 15 is 0 Å². The Morgan fingerprint density at radius 1 is 1.05 bits per heavy atom. The van der Waals surface area contributed by atoms with Gasteiger partial charge in [0, 0.05) is 12.1 Å². The van der Waals surface area contributed by atoms with Gasteiger partial charge in [-0.15, -0.1) is 0 Å². The van der Waals surface area contributed by atoms with Gasteiger partial charge in [-0.3, -0.25) is 4.79 Å². The fourth-order valence-corrected chi connectivity index (χ4v) is 3.46. The lowest BCUT2D eigenvalue weighted by atomic mass is 9.86. The zero-order chi connectivity index (χ0) is 15.1. The van der Waals surface area contributed by atoms with Crippen LogP contribution in [0.4, 0.5) is 4.79 Å². The number of nitrogens with one attached hydrogen (secondary N) is 2. The first-order chi connectivity index (χ1) is 9.16. The monoisotopic (exact) mass is 282 g/mol. The molecule has 2 fully saturated rings. The first kappa shape index (κ1) is 15.1. The van der Waals surface area contributed by atoms with E-state index in [1.165, 1.54) is 0 Å². The molecule has 0 aliphatic heterocycles. The average Bonchev–Trinajstić information content (AvgIpc) is 2.72. The van der Waals surface area contributed by atoms with Crippen molar-refractivity contribution in [2.45, 2.75) is 65.5 Å². The molecule has 0 aromatic heterocycles. The van der Waals surface area contributed by atoms with Crippen LogP contribution in [0.3, 0.4) is 0 Å². The number of urea groups is 1. The quantitative estimate of drug-likeness (QED) is 0.743. The summed E-state index contributed by atoms with van der Waals surface area (Å²) in [6.07, 6.45) is 3.00. The smallest absolute Gasteiger partial charge is 0.315 e. The molecule has 5 nitrogen and oxygen atoms in total. The van der Waals surface area contributed by atoms with Crippen molar-refractivity contribution < 1.29 is 14.7 Å². The van der Waals surface area contributed by atoms with E-state index in [0.29, 0.717) is 6.42 Å². The summed E-state index contributed by atoms with van der Waals surface area (Å²) < 4.78 is 0. The SMILES string of the molecule is CC1(C)C(NC(=O)NC2CCCC(C(=O)O)C2)C1(C)C. The largest absolute Gasteiger partial charge is 0.481 e. The molecule has 20 heavy (non-hydrogen) atoms. The normalized spacial score (nSPS) is 31.4. The van der Waals surface area contributed by atoms with Gasteiger partial charge in [0.2, 0.25) is 0 Å². The third-order valence-electron chi connectivity index (χ3n) is 5.65. The molecule has 5 heteroatoms. The maximum absolute atomic E-state index is 12.0. The summed E-state index contributed by atoms with van der Waals surface area (Å²) in [5, 5.41) is 15.0. The molecule has 2 rings (SSSR count). The highest BCUT2D eigenvalue weighted by atomic mass is 16.4. The van der Waals surface area contributed by atoms with Crippen LogP contribution < -0.4 is 10.6 Å². The highest BCUT2D eigenvalue weighted by molar-refractivity contribution is 5.76. The zero-order valence-electron chi connectivity index (χ0n) is 12.8. The molecule has 0 spiro atoms. The number of aliphatic carboxylic acids is 1. The molecule has 0 bridgehead atoms. The van der Waals surface area contributed by atoms with Crippen LogP contribution in [0.15, 0.2) is 0 Å². The third-order valence-corrected chi connectivity index (χ3v) is 5.65. The molecule has 2 atom stereocenters. The minimum absolute atomic E-state index is 0.0187. The van der Waals surface area contributed by atoms with Gasteiger partial charge in [0.05, 0.1) is 5.92 Å². The molecule has 0 aromatic rings. The van der Waals surface area contributed by atoms with E-state index in [-0.39, 0.29) is 34.9 Å². The van der Waals surface area contributed by atoms with Gasteiger partial charge >= 0.3 is 12.0 Å². The van der Waals surface area contributed by atoms with Gasteiger partial charge < -0.3 is 15.7 Å². The first-order valence-electron chi connectivity index (χ1n) is 7.46. The van der Waals surface area contributed by atoms with Gasteiger partial charge in [-0.2, -0.15) is 0 Å². The Balaban J connectivity index is 1.82. The number of amides is 2. The molecule has 2 aliphatic rings. The number of hydrogen-bond acceptors (Lipinski definition) is 2. The van der Waals surface area contributed by atoms with E-state index in [0.717, 1.165) is 19.3 Å². The Hall–Kier alpha value is -1.26. The molecule has 3 N–H and O–H groups in total. The number of carboxylic acids is 1. The lowest BCUT2D eigenvalue weighted by molar-refractivity contribution is -0.143. The second-order valence-corrected chi connectivity index (χ2v) is 7.39. The van der Waals surface area contributed by atoms with Crippen LogP contribution in [-0.2, 0) is 4.79 Å². The molecular weight excluding hydrogens is 256 g/mol. The van der Waals surface area contributed by atoms with E-state index in [9.17, 15) is 9.59 Å². The third kappa shape index (κ3) is 2.63. The Labute approximate surface area is 120 Å². The highest BCUT2D eigenvalue weighted by Gasteiger charge is 2.65. The van der Waals surface area contributed by atoms with Crippen LogP contribution in [-0.4, -0.2) is 29.2 Å². The van der Waals surface area contributed by atoms with Crippen molar-refractivity contribution in [2.75, 3.05) is 0 Å². The molecule has 2 aliphatic carbocycles. The maximum atomic E-state index is 12.0. The van der Waals surface area contributed by atoms with Crippen molar-refractivity contribution in [2.24, 2.45) is 16.7 Å². The molecular formula is C15H26N2O3. The first-order valence-corrected chi connectivity index (χ1v) is 7.46. The number of carboxylic acid groups (broad SMARTS) is 1. The van der Waals surface area contributed by atoms with Crippen molar-refractivity contribution in [1.29, 1.82) is 0 Å². The average molecular weight is 282 g/mol. The summed E-state index contributed by atoms with van der Waals surface area (Å²) in [4.78, 5) is 23.1. The van der Waals surface area contributed by atoms with Gasteiger partial charge in [0.1, 0.15) is 0 Å². The van der Waals surface area contributed by atoms with Crippen LogP contribution in [0.1, 0.15) is 53.4 Å². The summed E-state index contributed by atoms with van der Waals surface area (Å²) >= 11 is 0. The van der Waals surface area contributed by atoms with Crippen molar-refractivity contribution in [3.8, 4) is 0 Å². The van der Waals surface area contributed by atoms with Crippen molar-refractivity contribution in [3.63, 3.8) is 0 Å². The number of hydrogen-bond donors (Lipinski definition) is 3. The minimum atomic E-state index is -0.749. The predicted molar refractivity (Wildman–Crippen MR) is 76.4 cm³/mol. The topological polar surface area (TPSA) is 78.4 Å². The van der Waals surface area contributed by atoms with Crippen LogP contribution in [0.5, 0.6) is 0 Å². The van der Waals surface area contributed by atoms with Crippen LogP contribution in [0.2, 0.25) is 0 Å². The number of carbonyl (C=O) groups excluding carboxylic acids is 1. The molecule has 0 radical (unpaired) electrons.